The van der Waals surface area contributed by atoms with E-state index in [-0.39, 0.29) is 6.54 Å². The van der Waals surface area contributed by atoms with Crippen LogP contribution in [0.1, 0.15) is 5.69 Å². The summed E-state index contributed by atoms with van der Waals surface area (Å²) in [5, 5.41) is 6.13. The van der Waals surface area contributed by atoms with Crippen molar-refractivity contribution in [3.63, 3.8) is 0 Å². The molecule has 14 heavy (non-hydrogen) atoms. The van der Waals surface area contributed by atoms with E-state index in [1.165, 1.54) is 0 Å². The minimum atomic E-state index is -2.95. The summed E-state index contributed by atoms with van der Waals surface area (Å²) in [6, 6.07) is 1.77. The molecule has 0 aliphatic carbocycles. The number of hydrogen-bond donors (Lipinski definition) is 1. The van der Waals surface area contributed by atoms with Crippen molar-refractivity contribution in [3.05, 3.63) is 18.0 Å². The van der Waals surface area contributed by atoms with Gasteiger partial charge in [-0.25, -0.2) is 0 Å². The molecule has 0 saturated carbocycles. The van der Waals surface area contributed by atoms with E-state index in [1.807, 2.05) is 0 Å². The maximum Gasteiger partial charge on any atom is 0.315 e. The molecule has 6 heteroatoms. The van der Waals surface area contributed by atoms with Crippen LogP contribution < -0.4 is 5.32 Å². The summed E-state index contributed by atoms with van der Waals surface area (Å²) < 4.78 is 25.1. The van der Waals surface area contributed by atoms with Gasteiger partial charge in [-0.15, -0.1) is 0 Å². The molecule has 0 radical (unpaired) electrons. The molecule has 1 aromatic rings. The van der Waals surface area contributed by atoms with Gasteiger partial charge in [0.05, 0.1) is 5.69 Å². The number of rotatable bonds is 4. The Morgan fingerprint density at radius 2 is 2.43 bits per heavy atom. The summed E-state index contributed by atoms with van der Waals surface area (Å²) in [5.74, 6) is -1.24. The lowest BCUT2D eigenvalue weighted by Crippen LogP contribution is -2.31. The van der Waals surface area contributed by atoms with Gasteiger partial charge >= 0.3 is 6.43 Å². The molecule has 0 aromatic carbocycles. The molecule has 1 aromatic heterocycles. The van der Waals surface area contributed by atoms with Gasteiger partial charge in [0.2, 0.25) is 0 Å². The second-order valence-electron chi connectivity index (χ2n) is 2.82. The average Bonchev–Trinajstić information content (AvgIpc) is 2.51. The molecule has 4 nitrogen and oxygen atoms in total. The summed E-state index contributed by atoms with van der Waals surface area (Å²) in [5.41, 5.74) is 0.766. The molecule has 0 aliphatic heterocycles. The molecule has 0 atom stereocenters. The van der Waals surface area contributed by atoms with Gasteiger partial charge in [0.15, 0.2) is 0 Å². The van der Waals surface area contributed by atoms with E-state index in [0.29, 0.717) is 6.42 Å². The summed E-state index contributed by atoms with van der Waals surface area (Å²) in [7, 11) is 1.77. The molecular weight excluding hydrogens is 192 g/mol. The van der Waals surface area contributed by atoms with Gasteiger partial charge in [-0.05, 0) is 6.07 Å². The number of nitrogens with zero attached hydrogens (tertiary/aromatic N) is 2. The van der Waals surface area contributed by atoms with E-state index in [4.69, 9.17) is 0 Å². The van der Waals surface area contributed by atoms with Crippen molar-refractivity contribution in [2.24, 2.45) is 7.05 Å². The largest absolute Gasteiger partial charge is 0.351 e. The van der Waals surface area contributed by atoms with Crippen molar-refractivity contribution >= 4 is 5.91 Å². The van der Waals surface area contributed by atoms with Crippen LogP contribution in [0.4, 0.5) is 8.78 Å². The summed E-state index contributed by atoms with van der Waals surface area (Å²) >= 11 is 0. The number of aromatic nitrogens is 2. The Bertz CT molecular complexity index is 311. The number of carbonyl (C=O) groups is 1. The Balaban J connectivity index is 2.25. The topological polar surface area (TPSA) is 46.9 Å². The first kappa shape index (κ1) is 10.6. The van der Waals surface area contributed by atoms with Crippen molar-refractivity contribution in [1.29, 1.82) is 0 Å². The fourth-order valence-corrected chi connectivity index (χ4v) is 0.987. The van der Waals surface area contributed by atoms with Crippen LogP contribution in [0.15, 0.2) is 12.3 Å². The standard InChI is InChI=1S/C8H11F2N3O/c1-13-5-3-6(12-13)2-4-11-8(14)7(9)10/h3,5,7H,2,4H2,1H3,(H,11,14). The van der Waals surface area contributed by atoms with Crippen LogP contribution in [0.2, 0.25) is 0 Å². The molecule has 1 amide bonds. The maximum atomic E-state index is 11.7. The zero-order chi connectivity index (χ0) is 10.6. The van der Waals surface area contributed by atoms with Crippen LogP contribution in [0.3, 0.4) is 0 Å². The van der Waals surface area contributed by atoms with Gasteiger partial charge in [-0.2, -0.15) is 13.9 Å². The van der Waals surface area contributed by atoms with Gasteiger partial charge in [0, 0.05) is 26.2 Å². The highest BCUT2D eigenvalue weighted by Crippen LogP contribution is 1.95. The number of hydrogen-bond acceptors (Lipinski definition) is 2. The lowest BCUT2D eigenvalue weighted by Gasteiger charge is -2.01. The average molecular weight is 203 g/mol. The monoisotopic (exact) mass is 203 g/mol. The third kappa shape index (κ3) is 3.12. The Morgan fingerprint density at radius 3 is 2.93 bits per heavy atom. The highest BCUT2D eigenvalue weighted by atomic mass is 19.3. The van der Waals surface area contributed by atoms with Gasteiger partial charge in [0.1, 0.15) is 0 Å². The van der Waals surface area contributed by atoms with E-state index in [2.05, 4.69) is 10.4 Å². The molecule has 0 unspecified atom stereocenters. The fourth-order valence-electron chi connectivity index (χ4n) is 0.987. The van der Waals surface area contributed by atoms with Crippen molar-refractivity contribution in [3.8, 4) is 0 Å². The maximum absolute atomic E-state index is 11.7. The predicted molar refractivity (Wildman–Crippen MR) is 45.9 cm³/mol. The van der Waals surface area contributed by atoms with Crippen molar-refractivity contribution in [2.75, 3.05) is 6.54 Å². The third-order valence-electron chi connectivity index (χ3n) is 1.65. The molecule has 0 spiro atoms. The van der Waals surface area contributed by atoms with E-state index < -0.39 is 12.3 Å². The molecule has 1 N–H and O–H groups in total. The summed E-state index contributed by atoms with van der Waals surface area (Å²) in [4.78, 5) is 10.5. The van der Waals surface area contributed by atoms with Crippen LogP contribution in [0.5, 0.6) is 0 Å². The van der Waals surface area contributed by atoms with E-state index in [9.17, 15) is 13.6 Å². The Kier molecular flexibility index (Phi) is 3.55. The zero-order valence-corrected chi connectivity index (χ0v) is 7.70. The van der Waals surface area contributed by atoms with E-state index in [1.54, 1.807) is 24.0 Å². The second kappa shape index (κ2) is 4.69. The first-order valence-electron chi connectivity index (χ1n) is 4.14. The van der Waals surface area contributed by atoms with Crippen LogP contribution in [-0.4, -0.2) is 28.7 Å². The fraction of sp³-hybridized carbons (Fsp3) is 0.500. The van der Waals surface area contributed by atoms with E-state index >= 15 is 0 Å². The van der Waals surface area contributed by atoms with Crippen LogP contribution in [-0.2, 0) is 18.3 Å². The Hall–Kier alpha value is -1.46. The van der Waals surface area contributed by atoms with Crippen molar-refractivity contribution < 1.29 is 13.6 Å². The smallest absolute Gasteiger partial charge is 0.315 e. The lowest BCUT2D eigenvalue weighted by molar-refractivity contribution is -0.131. The van der Waals surface area contributed by atoms with E-state index in [0.717, 1.165) is 5.69 Å². The number of nitrogens with one attached hydrogen (secondary N) is 1. The molecule has 1 rings (SSSR count). The second-order valence-corrected chi connectivity index (χ2v) is 2.82. The zero-order valence-electron chi connectivity index (χ0n) is 7.70. The highest BCUT2D eigenvalue weighted by molar-refractivity contribution is 5.78. The quantitative estimate of drug-likeness (QED) is 0.767. The lowest BCUT2D eigenvalue weighted by atomic mass is 10.3. The first-order chi connectivity index (χ1) is 6.59. The highest BCUT2D eigenvalue weighted by Gasteiger charge is 2.13. The molecule has 0 aliphatic rings. The number of halogens is 2. The molecule has 1 heterocycles. The number of aryl methyl sites for hydroxylation is 1. The van der Waals surface area contributed by atoms with Crippen LogP contribution in [0.25, 0.3) is 0 Å². The molecule has 0 bridgehead atoms. The third-order valence-corrected chi connectivity index (χ3v) is 1.65. The van der Waals surface area contributed by atoms with Crippen molar-refractivity contribution in [1.82, 2.24) is 15.1 Å². The Labute approximate surface area is 79.9 Å². The minimum absolute atomic E-state index is 0.181. The number of amides is 1. The molecule has 78 valence electrons. The SMILES string of the molecule is Cn1ccc(CCNC(=O)C(F)F)n1. The van der Waals surface area contributed by atoms with Gasteiger partial charge in [-0.3, -0.25) is 9.48 Å². The van der Waals surface area contributed by atoms with Gasteiger partial charge in [0.25, 0.3) is 5.91 Å². The van der Waals surface area contributed by atoms with Gasteiger partial charge in [-0.1, -0.05) is 0 Å². The summed E-state index contributed by atoms with van der Waals surface area (Å²) in [6.07, 6.45) is -0.734. The molecule has 0 saturated heterocycles. The number of alkyl halides is 2. The molecular formula is C8H11F2N3O. The van der Waals surface area contributed by atoms with Gasteiger partial charge < -0.3 is 5.32 Å². The first-order valence-corrected chi connectivity index (χ1v) is 4.14. The van der Waals surface area contributed by atoms with Crippen molar-refractivity contribution in [2.45, 2.75) is 12.8 Å². The van der Waals surface area contributed by atoms with Crippen LogP contribution >= 0.6 is 0 Å². The number of carbonyl (C=O) groups excluding carboxylic acids is 1. The van der Waals surface area contributed by atoms with Crippen LogP contribution in [0, 0.1) is 0 Å². The normalized spacial score (nSPS) is 10.6. The summed E-state index contributed by atoms with van der Waals surface area (Å²) in [6.45, 7) is 0.181. The Morgan fingerprint density at radius 1 is 1.71 bits per heavy atom. The predicted octanol–water partition coefficient (Wildman–Crippen LogP) is 0.344. The minimum Gasteiger partial charge on any atom is -0.351 e. The molecule has 0 fully saturated rings.